The van der Waals surface area contributed by atoms with Crippen molar-refractivity contribution in [1.29, 1.82) is 0 Å². The van der Waals surface area contributed by atoms with Crippen LogP contribution >= 0.6 is 0 Å². The molecule has 0 atom stereocenters. The van der Waals surface area contributed by atoms with Crippen molar-refractivity contribution in [3.8, 4) is 0 Å². The van der Waals surface area contributed by atoms with E-state index >= 15 is 0 Å². The monoisotopic (exact) mass is 164 g/mol. The molecule has 2 rings (SSSR count). The van der Waals surface area contributed by atoms with Crippen LogP contribution in [0.15, 0.2) is 6.07 Å². The fourth-order valence-corrected chi connectivity index (χ4v) is 1.23. The molecule has 1 saturated heterocycles. The summed E-state index contributed by atoms with van der Waals surface area (Å²) in [7, 11) is 0. The van der Waals surface area contributed by atoms with Crippen molar-refractivity contribution in [1.82, 2.24) is 9.97 Å². The van der Waals surface area contributed by atoms with Crippen LogP contribution < -0.4 is 10.6 Å². The van der Waals surface area contributed by atoms with E-state index in [4.69, 9.17) is 5.73 Å². The number of nitrogens with two attached hydrogens (primary N) is 1. The zero-order chi connectivity index (χ0) is 8.55. The largest absolute Gasteiger partial charge is 0.384 e. The Balaban J connectivity index is 2.30. The van der Waals surface area contributed by atoms with Gasteiger partial charge >= 0.3 is 0 Å². The maximum atomic E-state index is 5.60. The molecule has 0 unspecified atom stereocenters. The van der Waals surface area contributed by atoms with Gasteiger partial charge in [0.15, 0.2) is 0 Å². The number of rotatable bonds is 1. The van der Waals surface area contributed by atoms with Crippen LogP contribution in [-0.4, -0.2) is 23.1 Å². The standard InChI is InChI=1S/C8H12N4/c1-6-5-7(9)11-8(10-6)12-3-2-4-12/h5H,2-4H2,1H3,(H2,9,10,11). The van der Waals surface area contributed by atoms with Crippen molar-refractivity contribution >= 4 is 11.8 Å². The Bertz CT molecular complexity index is 273. The third kappa shape index (κ3) is 1.20. The van der Waals surface area contributed by atoms with Gasteiger partial charge in [0, 0.05) is 24.8 Å². The number of anilines is 2. The molecule has 2 heterocycles. The van der Waals surface area contributed by atoms with Gasteiger partial charge in [-0.15, -0.1) is 0 Å². The van der Waals surface area contributed by atoms with Gasteiger partial charge in [-0.1, -0.05) is 0 Å². The van der Waals surface area contributed by atoms with Crippen molar-refractivity contribution in [2.24, 2.45) is 0 Å². The number of aryl methyl sites for hydroxylation is 1. The van der Waals surface area contributed by atoms with E-state index in [1.165, 1.54) is 6.42 Å². The highest BCUT2D eigenvalue weighted by Gasteiger charge is 2.17. The summed E-state index contributed by atoms with van der Waals surface area (Å²) in [6.45, 7) is 4.05. The van der Waals surface area contributed by atoms with Gasteiger partial charge in [-0.05, 0) is 13.3 Å². The second-order valence-electron chi connectivity index (χ2n) is 3.07. The quantitative estimate of drug-likeness (QED) is 0.659. The first-order valence-electron chi connectivity index (χ1n) is 4.12. The van der Waals surface area contributed by atoms with Gasteiger partial charge in [0.1, 0.15) is 5.82 Å². The highest BCUT2D eigenvalue weighted by Crippen LogP contribution is 2.16. The molecule has 4 nitrogen and oxygen atoms in total. The van der Waals surface area contributed by atoms with Crippen molar-refractivity contribution in [2.45, 2.75) is 13.3 Å². The first-order valence-corrected chi connectivity index (χ1v) is 4.12. The SMILES string of the molecule is Cc1cc(N)nc(N2CCC2)n1. The maximum absolute atomic E-state index is 5.60. The lowest BCUT2D eigenvalue weighted by Crippen LogP contribution is -2.38. The van der Waals surface area contributed by atoms with E-state index in [1.807, 2.05) is 6.92 Å². The molecule has 1 aromatic heterocycles. The Morgan fingerprint density at radius 1 is 1.42 bits per heavy atom. The average molecular weight is 164 g/mol. The summed E-state index contributed by atoms with van der Waals surface area (Å²) in [5, 5.41) is 0. The van der Waals surface area contributed by atoms with Crippen LogP contribution in [0.1, 0.15) is 12.1 Å². The van der Waals surface area contributed by atoms with Crippen molar-refractivity contribution in [3.05, 3.63) is 11.8 Å². The van der Waals surface area contributed by atoms with Crippen molar-refractivity contribution in [2.75, 3.05) is 23.7 Å². The molecule has 64 valence electrons. The van der Waals surface area contributed by atoms with E-state index in [2.05, 4.69) is 14.9 Å². The van der Waals surface area contributed by atoms with Crippen LogP contribution in [0.4, 0.5) is 11.8 Å². The fraction of sp³-hybridized carbons (Fsp3) is 0.500. The first kappa shape index (κ1) is 7.34. The molecule has 1 fully saturated rings. The summed E-state index contributed by atoms with van der Waals surface area (Å²) in [5.41, 5.74) is 6.53. The zero-order valence-electron chi connectivity index (χ0n) is 7.12. The van der Waals surface area contributed by atoms with Gasteiger partial charge in [-0.3, -0.25) is 0 Å². The molecule has 1 aliphatic heterocycles. The molecule has 0 bridgehead atoms. The van der Waals surface area contributed by atoms with Gasteiger partial charge in [-0.25, -0.2) is 4.98 Å². The second-order valence-corrected chi connectivity index (χ2v) is 3.07. The summed E-state index contributed by atoms with van der Waals surface area (Å²) in [6, 6.07) is 1.78. The van der Waals surface area contributed by atoms with Crippen LogP contribution in [0.5, 0.6) is 0 Å². The number of hydrogen-bond acceptors (Lipinski definition) is 4. The molecule has 0 amide bonds. The Labute approximate surface area is 71.4 Å². The number of hydrogen-bond donors (Lipinski definition) is 1. The smallest absolute Gasteiger partial charge is 0.227 e. The highest BCUT2D eigenvalue weighted by molar-refractivity contribution is 5.41. The molecule has 0 radical (unpaired) electrons. The normalized spacial score (nSPS) is 15.9. The van der Waals surface area contributed by atoms with Gasteiger partial charge in [0.2, 0.25) is 5.95 Å². The molecule has 1 aromatic rings. The molecule has 4 heteroatoms. The van der Waals surface area contributed by atoms with Crippen LogP contribution in [0.2, 0.25) is 0 Å². The van der Waals surface area contributed by atoms with E-state index in [0.29, 0.717) is 5.82 Å². The predicted molar refractivity (Wildman–Crippen MR) is 48.0 cm³/mol. The third-order valence-electron chi connectivity index (χ3n) is 2.00. The van der Waals surface area contributed by atoms with E-state index < -0.39 is 0 Å². The van der Waals surface area contributed by atoms with E-state index in [-0.39, 0.29) is 0 Å². The Morgan fingerprint density at radius 2 is 2.17 bits per heavy atom. The van der Waals surface area contributed by atoms with Crippen LogP contribution in [0.25, 0.3) is 0 Å². The lowest BCUT2D eigenvalue weighted by atomic mass is 10.2. The molecule has 0 aliphatic carbocycles. The van der Waals surface area contributed by atoms with Crippen molar-refractivity contribution < 1.29 is 0 Å². The Morgan fingerprint density at radius 3 is 2.67 bits per heavy atom. The minimum Gasteiger partial charge on any atom is -0.384 e. The van der Waals surface area contributed by atoms with Gasteiger partial charge in [0.05, 0.1) is 0 Å². The predicted octanol–water partition coefficient (Wildman–Crippen LogP) is 0.577. The van der Waals surface area contributed by atoms with Gasteiger partial charge < -0.3 is 10.6 Å². The molecule has 2 N–H and O–H groups in total. The molecular weight excluding hydrogens is 152 g/mol. The van der Waals surface area contributed by atoms with Crippen molar-refractivity contribution in [3.63, 3.8) is 0 Å². The zero-order valence-corrected chi connectivity index (χ0v) is 7.12. The lowest BCUT2D eigenvalue weighted by Gasteiger charge is -2.30. The van der Waals surface area contributed by atoms with Crippen LogP contribution in [0.3, 0.4) is 0 Å². The van der Waals surface area contributed by atoms with Gasteiger partial charge in [0.25, 0.3) is 0 Å². The van der Waals surface area contributed by atoms with Crippen LogP contribution in [0, 0.1) is 6.92 Å². The number of nitrogen functional groups attached to an aromatic ring is 1. The molecule has 0 aromatic carbocycles. The summed E-state index contributed by atoms with van der Waals surface area (Å²) in [6.07, 6.45) is 1.23. The summed E-state index contributed by atoms with van der Waals surface area (Å²) in [4.78, 5) is 10.6. The molecule has 12 heavy (non-hydrogen) atoms. The van der Waals surface area contributed by atoms with E-state index in [9.17, 15) is 0 Å². The molecule has 1 aliphatic rings. The summed E-state index contributed by atoms with van der Waals surface area (Å²) < 4.78 is 0. The fourth-order valence-electron chi connectivity index (χ4n) is 1.23. The molecular formula is C8H12N4. The van der Waals surface area contributed by atoms with Gasteiger partial charge in [-0.2, -0.15) is 4.98 Å². The second kappa shape index (κ2) is 2.62. The number of aromatic nitrogens is 2. The van der Waals surface area contributed by atoms with E-state index in [0.717, 1.165) is 24.7 Å². The Hall–Kier alpha value is -1.32. The summed E-state index contributed by atoms with van der Waals surface area (Å²) >= 11 is 0. The van der Waals surface area contributed by atoms with E-state index in [1.54, 1.807) is 6.07 Å². The minimum absolute atomic E-state index is 0.560. The maximum Gasteiger partial charge on any atom is 0.227 e. The Kier molecular flexibility index (Phi) is 1.60. The minimum atomic E-state index is 0.560. The molecule has 0 spiro atoms. The third-order valence-corrected chi connectivity index (χ3v) is 2.00. The summed E-state index contributed by atoms with van der Waals surface area (Å²) in [5.74, 6) is 1.34. The highest BCUT2D eigenvalue weighted by atomic mass is 15.3. The number of nitrogens with zero attached hydrogens (tertiary/aromatic N) is 3. The first-order chi connectivity index (χ1) is 5.75. The van der Waals surface area contributed by atoms with Crippen LogP contribution in [-0.2, 0) is 0 Å². The average Bonchev–Trinajstić information content (AvgIpc) is 1.79. The topological polar surface area (TPSA) is 55.0 Å². The molecule has 0 saturated carbocycles. The lowest BCUT2D eigenvalue weighted by molar-refractivity contribution is 0.600.